The fourth-order valence-electron chi connectivity index (χ4n) is 1.94. The zero-order chi connectivity index (χ0) is 13.5. The topological polar surface area (TPSA) is 68.3 Å². The summed E-state index contributed by atoms with van der Waals surface area (Å²) in [5, 5.41) is 2.88. The molecule has 0 saturated heterocycles. The van der Waals surface area contributed by atoms with Crippen LogP contribution in [0.3, 0.4) is 0 Å². The molecular formula is C15H18N2O2. The molecule has 100 valence electrons. The Bertz CT molecular complexity index is 521. The Labute approximate surface area is 112 Å². The van der Waals surface area contributed by atoms with Crippen molar-refractivity contribution in [3.05, 3.63) is 59.5 Å². The van der Waals surface area contributed by atoms with Crippen molar-refractivity contribution in [2.45, 2.75) is 19.4 Å². The molecule has 0 aliphatic heterocycles. The zero-order valence-electron chi connectivity index (χ0n) is 10.8. The third-order valence-corrected chi connectivity index (χ3v) is 2.96. The quantitative estimate of drug-likeness (QED) is 0.827. The van der Waals surface area contributed by atoms with Crippen molar-refractivity contribution < 1.29 is 9.21 Å². The highest BCUT2D eigenvalue weighted by Crippen LogP contribution is 2.08. The molecule has 1 aromatic carbocycles. The first kappa shape index (κ1) is 13.4. The van der Waals surface area contributed by atoms with Gasteiger partial charge in [0, 0.05) is 19.5 Å². The average Bonchev–Trinajstić information content (AvgIpc) is 2.92. The lowest BCUT2D eigenvalue weighted by molar-refractivity contribution is -0.120. The van der Waals surface area contributed by atoms with E-state index in [0.29, 0.717) is 25.9 Å². The van der Waals surface area contributed by atoms with Gasteiger partial charge in [0.25, 0.3) is 0 Å². The lowest BCUT2D eigenvalue weighted by Gasteiger charge is -2.08. The summed E-state index contributed by atoms with van der Waals surface area (Å²) in [6.07, 6.45) is 2.71. The molecule has 3 N–H and O–H groups in total. The van der Waals surface area contributed by atoms with Gasteiger partial charge in [-0.2, -0.15) is 0 Å². The van der Waals surface area contributed by atoms with Gasteiger partial charge in [-0.25, -0.2) is 0 Å². The monoisotopic (exact) mass is 258 g/mol. The van der Waals surface area contributed by atoms with E-state index in [1.54, 1.807) is 6.26 Å². The van der Waals surface area contributed by atoms with Crippen LogP contribution in [0.4, 0.5) is 0 Å². The van der Waals surface area contributed by atoms with Crippen molar-refractivity contribution in [1.82, 2.24) is 5.32 Å². The second kappa shape index (κ2) is 6.75. The summed E-state index contributed by atoms with van der Waals surface area (Å²) in [7, 11) is 0. The molecule has 0 saturated carbocycles. The maximum atomic E-state index is 11.8. The largest absolute Gasteiger partial charge is 0.469 e. The molecule has 4 heteroatoms. The number of furan rings is 1. The van der Waals surface area contributed by atoms with E-state index >= 15 is 0 Å². The molecule has 0 radical (unpaired) electrons. The van der Waals surface area contributed by atoms with Crippen molar-refractivity contribution in [2.75, 3.05) is 6.54 Å². The highest BCUT2D eigenvalue weighted by molar-refractivity contribution is 5.78. The van der Waals surface area contributed by atoms with Crippen LogP contribution in [0.2, 0.25) is 0 Å². The van der Waals surface area contributed by atoms with E-state index in [4.69, 9.17) is 10.2 Å². The predicted molar refractivity (Wildman–Crippen MR) is 73.5 cm³/mol. The molecule has 1 aromatic heterocycles. The molecule has 1 heterocycles. The maximum Gasteiger partial charge on any atom is 0.224 e. The van der Waals surface area contributed by atoms with E-state index in [0.717, 1.165) is 16.9 Å². The molecular weight excluding hydrogens is 240 g/mol. The van der Waals surface area contributed by atoms with Crippen LogP contribution in [0.1, 0.15) is 16.9 Å². The molecule has 19 heavy (non-hydrogen) atoms. The van der Waals surface area contributed by atoms with Gasteiger partial charge in [0.1, 0.15) is 5.76 Å². The second-order valence-electron chi connectivity index (χ2n) is 4.33. The van der Waals surface area contributed by atoms with Crippen LogP contribution in [0.25, 0.3) is 0 Å². The van der Waals surface area contributed by atoms with Gasteiger partial charge in [-0.15, -0.1) is 0 Å². The SMILES string of the molecule is NCc1ccccc1CC(=O)NCCc1ccco1. The van der Waals surface area contributed by atoms with E-state index in [9.17, 15) is 4.79 Å². The summed E-state index contributed by atoms with van der Waals surface area (Å²) < 4.78 is 5.20. The third-order valence-electron chi connectivity index (χ3n) is 2.96. The third kappa shape index (κ3) is 3.96. The fraction of sp³-hybridized carbons (Fsp3) is 0.267. The normalized spacial score (nSPS) is 10.4. The number of hydrogen-bond acceptors (Lipinski definition) is 3. The Morgan fingerprint density at radius 1 is 1.16 bits per heavy atom. The highest BCUT2D eigenvalue weighted by Gasteiger charge is 2.06. The predicted octanol–water partition coefficient (Wildman–Crippen LogP) is 1.64. The number of carbonyl (C=O) groups excluding carboxylic acids is 1. The molecule has 0 aliphatic rings. The number of amides is 1. The molecule has 0 fully saturated rings. The number of carbonyl (C=O) groups is 1. The van der Waals surface area contributed by atoms with Crippen molar-refractivity contribution in [2.24, 2.45) is 5.73 Å². The Kier molecular flexibility index (Phi) is 4.75. The molecule has 0 bridgehead atoms. The minimum Gasteiger partial charge on any atom is -0.469 e. The molecule has 2 rings (SSSR count). The smallest absolute Gasteiger partial charge is 0.224 e. The van der Waals surface area contributed by atoms with E-state index < -0.39 is 0 Å². The van der Waals surface area contributed by atoms with Crippen LogP contribution >= 0.6 is 0 Å². The van der Waals surface area contributed by atoms with Crippen molar-refractivity contribution in [1.29, 1.82) is 0 Å². The molecule has 2 aromatic rings. The maximum absolute atomic E-state index is 11.8. The van der Waals surface area contributed by atoms with Crippen LogP contribution in [0, 0.1) is 0 Å². The number of benzene rings is 1. The van der Waals surface area contributed by atoms with E-state index in [-0.39, 0.29) is 5.91 Å². The van der Waals surface area contributed by atoms with Crippen LogP contribution in [0.15, 0.2) is 47.1 Å². The van der Waals surface area contributed by atoms with Crippen LogP contribution < -0.4 is 11.1 Å². The van der Waals surface area contributed by atoms with Gasteiger partial charge in [-0.3, -0.25) is 4.79 Å². The van der Waals surface area contributed by atoms with E-state index in [1.807, 2.05) is 36.4 Å². The summed E-state index contributed by atoms with van der Waals surface area (Å²) >= 11 is 0. The lowest BCUT2D eigenvalue weighted by atomic mass is 10.0. The minimum absolute atomic E-state index is 0.00690. The van der Waals surface area contributed by atoms with Gasteiger partial charge >= 0.3 is 0 Å². The van der Waals surface area contributed by atoms with Crippen molar-refractivity contribution in [3.63, 3.8) is 0 Å². The Balaban J connectivity index is 1.80. The highest BCUT2D eigenvalue weighted by atomic mass is 16.3. The molecule has 0 atom stereocenters. The van der Waals surface area contributed by atoms with Gasteiger partial charge in [0.2, 0.25) is 5.91 Å². The van der Waals surface area contributed by atoms with Gasteiger partial charge in [-0.1, -0.05) is 24.3 Å². The van der Waals surface area contributed by atoms with Crippen LogP contribution in [-0.2, 0) is 24.2 Å². The van der Waals surface area contributed by atoms with Gasteiger partial charge < -0.3 is 15.5 Å². The standard InChI is InChI=1S/C15H18N2O2/c16-11-13-5-2-1-4-12(13)10-15(18)17-8-7-14-6-3-9-19-14/h1-6,9H,7-8,10-11,16H2,(H,17,18). The summed E-state index contributed by atoms with van der Waals surface area (Å²) in [5.74, 6) is 0.884. The van der Waals surface area contributed by atoms with Gasteiger partial charge in [0.15, 0.2) is 0 Å². The lowest BCUT2D eigenvalue weighted by Crippen LogP contribution is -2.27. The van der Waals surface area contributed by atoms with Gasteiger partial charge in [-0.05, 0) is 23.3 Å². The Morgan fingerprint density at radius 2 is 1.95 bits per heavy atom. The average molecular weight is 258 g/mol. The number of hydrogen-bond donors (Lipinski definition) is 2. The molecule has 4 nitrogen and oxygen atoms in total. The van der Waals surface area contributed by atoms with Gasteiger partial charge in [0.05, 0.1) is 12.7 Å². The molecule has 0 spiro atoms. The first-order valence-corrected chi connectivity index (χ1v) is 6.35. The van der Waals surface area contributed by atoms with Crippen LogP contribution in [0.5, 0.6) is 0 Å². The summed E-state index contributed by atoms with van der Waals surface area (Å²) in [6, 6.07) is 11.5. The summed E-state index contributed by atoms with van der Waals surface area (Å²) in [5.41, 5.74) is 7.65. The van der Waals surface area contributed by atoms with Crippen molar-refractivity contribution >= 4 is 5.91 Å². The van der Waals surface area contributed by atoms with Crippen LogP contribution in [-0.4, -0.2) is 12.5 Å². The molecule has 0 aliphatic carbocycles. The zero-order valence-corrected chi connectivity index (χ0v) is 10.8. The fourth-order valence-corrected chi connectivity index (χ4v) is 1.94. The number of nitrogens with one attached hydrogen (secondary N) is 1. The summed E-state index contributed by atoms with van der Waals surface area (Å²) in [4.78, 5) is 11.8. The van der Waals surface area contributed by atoms with Crippen molar-refractivity contribution in [3.8, 4) is 0 Å². The minimum atomic E-state index is 0.00690. The Hall–Kier alpha value is -2.07. The second-order valence-corrected chi connectivity index (χ2v) is 4.33. The first-order chi connectivity index (χ1) is 9.29. The number of nitrogens with two attached hydrogens (primary N) is 1. The van der Waals surface area contributed by atoms with E-state index in [2.05, 4.69) is 5.32 Å². The molecule has 0 unspecified atom stereocenters. The Morgan fingerprint density at radius 3 is 2.63 bits per heavy atom. The first-order valence-electron chi connectivity index (χ1n) is 6.35. The summed E-state index contributed by atoms with van der Waals surface area (Å²) in [6.45, 7) is 1.03. The van der Waals surface area contributed by atoms with E-state index in [1.165, 1.54) is 0 Å². The molecule has 1 amide bonds. The number of rotatable bonds is 6.